The van der Waals surface area contributed by atoms with Crippen LogP contribution in [0.3, 0.4) is 0 Å². The molecule has 2 aromatic rings. The zero-order valence-corrected chi connectivity index (χ0v) is 13.2. The van der Waals surface area contributed by atoms with Gasteiger partial charge in [0.25, 0.3) is 0 Å². The summed E-state index contributed by atoms with van der Waals surface area (Å²) in [5.41, 5.74) is 1.10. The number of carbonyl (C=O) groups excluding carboxylic acids is 1. The zero-order valence-electron chi connectivity index (χ0n) is 13.2. The molecule has 5 nitrogen and oxygen atoms in total. The molecule has 0 bridgehead atoms. The highest BCUT2D eigenvalue weighted by molar-refractivity contribution is 5.87. The Morgan fingerprint density at radius 2 is 2.04 bits per heavy atom. The van der Waals surface area contributed by atoms with Crippen molar-refractivity contribution in [3.63, 3.8) is 0 Å². The maximum absolute atomic E-state index is 11.5. The molecule has 0 saturated heterocycles. The van der Waals surface area contributed by atoms with E-state index in [2.05, 4.69) is 5.32 Å². The van der Waals surface area contributed by atoms with E-state index in [4.69, 9.17) is 9.84 Å². The molecule has 0 aliphatic heterocycles. The third-order valence-electron chi connectivity index (χ3n) is 3.50. The number of carboxylic acid groups (broad SMARTS) is 1. The Kier molecular flexibility index (Phi) is 5.97. The van der Waals surface area contributed by atoms with Crippen molar-refractivity contribution in [1.82, 2.24) is 5.32 Å². The average Bonchev–Trinajstić information content (AvgIpc) is 2.53. The molecule has 0 saturated carbocycles. The lowest BCUT2D eigenvalue weighted by Crippen LogP contribution is -2.25. The first-order chi connectivity index (χ1) is 11.1. The minimum atomic E-state index is -1.00. The Morgan fingerprint density at radius 1 is 1.22 bits per heavy atom. The van der Waals surface area contributed by atoms with Crippen molar-refractivity contribution in [2.45, 2.75) is 26.2 Å². The van der Waals surface area contributed by atoms with Gasteiger partial charge < -0.3 is 15.2 Å². The average molecular weight is 315 g/mol. The molecular formula is C18H21NO4. The van der Waals surface area contributed by atoms with E-state index in [-0.39, 0.29) is 12.5 Å². The van der Waals surface area contributed by atoms with Crippen LogP contribution in [0.4, 0.5) is 0 Å². The van der Waals surface area contributed by atoms with Crippen LogP contribution in [0.5, 0.6) is 5.75 Å². The number of aliphatic carboxylic acids is 1. The molecule has 0 aromatic heterocycles. The molecule has 122 valence electrons. The van der Waals surface area contributed by atoms with Crippen LogP contribution in [0.2, 0.25) is 0 Å². The second-order valence-electron chi connectivity index (χ2n) is 5.33. The minimum absolute atomic E-state index is 0.0678. The van der Waals surface area contributed by atoms with Crippen molar-refractivity contribution in [2.24, 2.45) is 0 Å². The summed E-state index contributed by atoms with van der Waals surface area (Å²) in [5.74, 6) is -0.405. The van der Waals surface area contributed by atoms with Crippen LogP contribution in [-0.4, -0.2) is 30.1 Å². The van der Waals surface area contributed by atoms with E-state index in [1.54, 1.807) is 6.07 Å². The van der Waals surface area contributed by atoms with Crippen molar-refractivity contribution in [1.29, 1.82) is 0 Å². The number of rotatable bonds is 8. The number of carbonyl (C=O) groups is 2. The Morgan fingerprint density at radius 3 is 2.78 bits per heavy atom. The topological polar surface area (TPSA) is 75.6 Å². The molecular weight excluding hydrogens is 294 g/mol. The quantitative estimate of drug-likeness (QED) is 0.785. The SMILES string of the molecule is CCCC(=O)NCCc1cccc2ccc(OCC(=O)O)cc12. The van der Waals surface area contributed by atoms with Crippen LogP contribution < -0.4 is 10.1 Å². The second-order valence-corrected chi connectivity index (χ2v) is 5.33. The van der Waals surface area contributed by atoms with Crippen LogP contribution in [0.15, 0.2) is 36.4 Å². The van der Waals surface area contributed by atoms with Gasteiger partial charge in [0.1, 0.15) is 5.75 Å². The largest absolute Gasteiger partial charge is 0.482 e. The van der Waals surface area contributed by atoms with Crippen molar-refractivity contribution in [2.75, 3.05) is 13.2 Å². The molecule has 5 heteroatoms. The monoisotopic (exact) mass is 315 g/mol. The van der Waals surface area contributed by atoms with Gasteiger partial charge in [-0.15, -0.1) is 0 Å². The van der Waals surface area contributed by atoms with Gasteiger partial charge in [-0.25, -0.2) is 4.79 Å². The molecule has 0 unspecified atom stereocenters. The van der Waals surface area contributed by atoms with Gasteiger partial charge in [0.2, 0.25) is 5.91 Å². The molecule has 23 heavy (non-hydrogen) atoms. The van der Waals surface area contributed by atoms with Gasteiger partial charge in [-0.2, -0.15) is 0 Å². The smallest absolute Gasteiger partial charge is 0.341 e. The van der Waals surface area contributed by atoms with Crippen LogP contribution in [-0.2, 0) is 16.0 Å². The fraction of sp³-hybridized carbons (Fsp3) is 0.333. The van der Waals surface area contributed by atoms with Gasteiger partial charge in [0, 0.05) is 13.0 Å². The van der Waals surface area contributed by atoms with Gasteiger partial charge >= 0.3 is 5.97 Å². The predicted molar refractivity (Wildman–Crippen MR) is 88.7 cm³/mol. The van der Waals surface area contributed by atoms with E-state index in [1.807, 2.05) is 37.3 Å². The summed E-state index contributed by atoms with van der Waals surface area (Å²) in [6.45, 7) is 2.20. The maximum atomic E-state index is 11.5. The lowest BCUT2D eigenvalue weighted by Gasteiger charge is -2.10. The van der Waals surface area contributed by atoms with Gasteiger partial charge in [0.05, 0.1) is 0 Å². The first-order valence-electron chi connectivity index (χ1n) is 7.73. The highest BCUT2D eigenvalue weighted by Crippen LogP contribution is 2.24. The first-order valence-corrected chi connectivity index (χ1v) is 7.73. The minimum Gasteiger partial charge on any atom is -0.482 e. The van der Waals surface area contributed by atoms with Crippen LogP contribution in [0.1, 0.15) is 25.3 Å². The number of amides is 1. The van der Waals surface area contributed by atoms with Crippen LogP contribution in [0.25, 0.3) is 10.8 Å². The maximum Gasteiger partial charge on any atom is 0.341 e. The van der Waals surface area contributed by atoms with Gasteiger partial charge in [-0.3, -0.25) is 4.79 Å². The molecule has 0 radical (unpaired) electrons. The number of nitrogens with one attached hydrogen (secondary N) is 1. The molecule has 0 spiro atoms. The number of ether oxygens (including phenoxy) is 1. The first kappa shape index (κ1) is 16.8. The highest BCUT2D eigenvalue weighted by atomic mass is 16.5. The highest BCUT2D eigenvalue weighted by Gasteiger charge is 2.06. The van der Waals surface area contributed by atoms with Crippen molar-refractivity contribution in [3.05, 3.63) is 42.0 Å². The van der Waals surface area contributed by atoms with E-state index < -0.39 is 5.97 Å². The third kappa shape index (κ3) is 4.98. The van der Waals surface area contributed by atoms with E-state index >= 15 is 0 Å². The molecule has 0 heterocycles. The summed E-state index contributed by atoms with van der Waals surface area (Å²) in [7, 11) is 0. The lowest BCUT2D eigenvalue weighted by atomic mass is 10.0. The lowest BCUT2D eigenvalue weighted by molar-refractivity contribution is -0.139. The zero-order chi connectivity index (χ0) is 16.7. The summed E-state index contributed by atoms with van der Waals surface area (Å²) in [5, 5.41) is 13.7. The number of carboxylic acids is 1. The Balaban J connectivity index is 2.10. The summed E-state index contributed by atoms with van der Waals surface area (Å²) < 4.78 is 5.24. The molecule has 0 atom stereocenters. The Hall–Kier alpha value is -2.56. The molecule has 0 aliphatic carbocycles. The van der Waals surface area contributed by atoms with Crippen molar-refractivity contribution >= 4 is 22.6 Å². The predicted octanol–water partition coefficient (Wildman–Crippen LogP) is 2.76. The summed E-state index contributed by atoms with van der Waals surface area (Å²) >= 11 is 0. The number of hydrogen-bond donors (Lipinski definition) is 2. The van der Waals surface area contributed by atoms with Crippen LogP contribution >= 0.6 is 0 Å². The van der Waals surface area contributed by atoms with Gasteiger partial charge in [-0.1, -0.05) is 31.2 Å². The molecule has 2 rings (SSSR count). The summed E-state index contributed by atoms with van der Waals surface area (Å²) in [4.78, 5) is 22.1. The van der Waals surface area contributed by atoms with Gasteiger partial charge in [0.15, 0.2) is 6.61 Å². The molecule has 2 aromatic carbocycles. The standard InChI is InChI=1S/C18H21NO4/c1-2-4-17(20)19-10-9-14-6-3-5-13-7-8-15(11-16(13)14)23-12-18(21)22/h3,5-8,11H,2,4,9-10,12H2,1H3,(H,19,20)(H,21,22). The summed E-state index contributed by atoms with van der Waals surface area (Å²) in [6.07, 6.45) is 2.10. The van der Waals surface area contributed by atoms with E-state index in [1.165, 1.54) is 0 Å². The molecule has 0 aliphatic rings. The van der Waals surface area contributed by atoms with Crippen LogP contribution in [0, 0.1) is 0 Å². The third-order valence-corrected chi connectivity index (χ3v) is 3.50. The molecule has 0 fully saturated rings. The second kappa shape index (κ2) is 8.17. The molecule has 1 amide bonds. The Bertz CT molecular complexity index is 696. The normalized spacial score (nSPS) is 10.5. The van der Waals surface area contributed by atoms with Crippen molar-refractivity contribution < 1.29 is 19.4 Å². The molecule has 2 N–H and O–H groups in total. The number of fused-ring (bicyclic) bond motifs is 1. The van der Waals surface area contributed by atoms with E-state index in [0.29, 0.717) is 18.7 Å². The van der Waals surface area contributed by atoms with E-state index in [0.717, 1.165) is 29.2 Å². The fourth-order valence-corrected chi connectivity index (χ4v) is 2.42. The fourth-order valence-electron chi connectivity index (χ4n) is 2.42. The number of hydrogen-bond acceptors (Lipinski definition) is 3. The summed E-state index contributed by atoms with van der Waals surface area (Å²) in [6, 6.07) is 11.5. The Labute approximate surface area is 135 Å². The van der Waals surface area contributed by atoms with E-state index in [9.17, 15) is 9.59 Å². The number of benzene rings is 2. The van der Waals surface area contributed by atoms with Gasteiger partial charge in [-0.05, 0) is 41.3 Å². The van der Waals surface area contributed by atoms with Crippen molar-refractivity contribution in [3.8, 4) is 5.75 Å².